The van der Waals surface area contributed by atoms with Gasteiger partial charge in [-0.2, -0.15) is 0 Å². The van der Waals surface area contributed by atoms with Gasteiger partial charge >= 0.3 is 0 Å². The molecule has 7 heteroatoms. The smallest absolute Gasteiger partial charge is 0.283 e. The average molecular weight is 331 g/mol. The second kappa shape index (κ2) is 5.78. The van der Waals surface area contributed by atoms with Crippen molar-refractivity contribution in [2.75, 3.05) is 13.7 Å². The highest BCUT2D eigenvalue weighted by atomic mass is 35.5. The molecule has 1 atom stereocenters. The van der Waals surface area contributed by atoms with Gasteiger partial charge in [-0.05, 0) is 29.3 Å². The van der Waals surface area contributed by atoms with Crippen molar-refractivity contribution in [1.29, 1.82) is 0 Å². The standard InChI is InChI=1S/C16H13BClFN2O2/c1-22-14-5-3-10(7-12(14)18)16(8-23-15(20)21-16)9-2-4-13(19)11(17)6-9/h2-7H,8H2,1H3,(H2,20,21). The van der Waals surface area contributed by atoms with Crippen LogP contribution in [-0.4, -0.2) is 27.6 Å². The summed E-state index contributed by atoms with van der Waals surface area (Å²) in [5.41, 5.74) is 6.22. The van der Waals surface area contributed by atoms with Crippen molar-refractivity contribution in [3.05, 3.63) is 58.4 Å². The van der Waals surface area contributed by atoms with Crippen LogP contribution in [0.2, 0.25) is 5.02 Å². The summed E-state index contributed by atoms with van der Waals surface area (Å²) in [7, 11) is 7.23. The summed E-state index contributed by atoms with van der Waals surface area (Å²) in [5, 5.41) is 0.431. The molecule has 2 radical (unpaired) electrons. The van der Waals surface area contributed by atoms with Crippen LogP contribution in [0.15, 0.2) is 41.4 Å². The zero-order valence-electron chi connectivity index (χ0n) is 12.3. The van der Waals surface area contributed by atoms with Crippen molar-refractivity contribution in [3.63, 3.8) is 0 Å². The molecular weight excluding hydrogens is 317 g/mol. The maximum absolute atomic E-state index is 13.5. The Morgan fingerprint density at radius 2 is 2.00 bits per heavy atom. The van der Waals surface area contributed by atoms with Crippen molar-refractivity contribution in [2.45, 2.75) is 5.54 Å². The van der Waals surface area contributed by atoms with Gasteiger partial charge in [0, 0.05) is 0 Å². The van der Waals surface area contributed by atoms with Gasteiger partial charge in [-0.1, -0.05) is 35.3 Å². The van der Waals surface area contributed by atoms with Gasteiger partial charge in [-0.15, -0.1) is 0 Å². The number of hydrogen-bond donors (Lipinski definition) is 1. The van der Waals surface area contributed by atoms with E-state index >= 15 is 0 Å². The molecule has 0 amide bonds. The number of hydrogen-bond acceptors (Lipinski definition) is 4. The van der Waals surface area contributed by atoms with Crippen LogP contribution in [0, 0.1) is 5.82 Å². The van der Waals surface area contributed by atoms with E-state index in [1.54, 1.807) is 18.2 Å². The molecule has 0 saturated heterocycles. The third-order valence-electron chi connectivity index (χ3n) is 3.83. The number of aliphatic imine (C=N–C) groups is 1. The van der Waals surface area contributed by atoms with Gasteiger partial charge in [0.2, 0.25) is 0 Å². The van der Waals surface area contributed by atoms with E-state index in [0.717, 1.165) is 5.56 Å². The van der Waals surface area contributed by atoms with Gasteiger partial charge in [0.05, 0.1) is 12.1 Å². The average Bonchev–Trinajstić information content (AvgIpc) is 2.93. The third-order valence-corrected chi connectivity index (χ3v) is 4.13. The molecule has 0 aromatic heterocycles. The lowest BCUT2D eigenvalue weighted by Crippen LogP contribution is -2.29. The minimum Gasteiger partial charge on any atom is -0.495 e. The van der Waals surface area contributed by atoms with Crippen molar-refractivity contribution in [3.8, 4) is 5.75 Å². The van der Waals surface area contributed by atoms with Crippen LogP contribution in [0.4, 0.5) is 4.39 Å². The first-order valence-electron chi connectivity index (χ1n) is 6.84. The second-order valence-electron chi connectivity index (χ2n) is 5.18. The number of methoxy groups -OCH3 is 1. The Bertz CT molecular complexity index is 800. The van der Waals surface area contributed by atoms with Gasteiger partial charge in [0.15, 0.2) is 5.54 Å². The van der Waals surface area contributed by atoms with E-state index in [4.69, 9.17) is 34.7 Å². The Labute approximate surface area is 139 Å². The number of ether oxygens (including phenoxy) is 2. The highest BCUT2D eigenvalue weighted by molar-refractivity contribution is 6.32. The monoisotopic (exact) mass is 330 g/mol. The maximum Gasteiger partial charge on any atom is 0.283 e. The van der Waals surface area contributed by atoms with Crippen molar-refractivity contribution < 1.29 is 13.9 Å². The Morgan fingerprint density at radius 1 is 1.30 bits per heavy atom. The van der Waals surface area contributed by atoms with Crippen LogP contribution in [-0.2, 0) is 10.3 Å². The Morgan fingerprint density at radius 3 is 2.57 bits per heavy atom. The Kier molecular flexibility index (Phi) is 3.94. The van der Waals surface area contributed by atoms with E-state index in [1.807, 2.05) is 6.07 Å². The molecule has 1 heterocycles. The van der Waals surface area contributed by atoms with E-state index in [0.29, 0.717) is 16.3 Å². The zero-order valence-corrected chi connectivity index (χ0v) is 13.1. The zero-order chi connectivity index (χ0) is 16.6. The lowest BCUT2D eigenvalue weighted by molar-refractivity contribution is 0.278. The summed E-state index contributed by atoms with van der Waals surface area (Å²) in [4.78, 5) is 4.42. The predicted octanol–water partition coefficient (Wildman–Crippen LogP) is 1.87. The lowest BCUT2D eigenvalue weighted by atomic mass is 9.81. The van der Waals surface area contributed by atoms with Crippen LogP contribution in [0.5, 0.6) is 5.75 Å². The van der Waals surface area contributed by atoms with E-state index < -0.39 is 11.4 Å². The molecule has 0 fully saturated rings. The fourth-order valence-electron chi connectivity index (χ4n) is 2.62. The molecule has 23 heavy (non-hydrogen) atoms. The van der Waals surface area contributed by atoms with Gasteiger partial charge in [-0.25, -0.2) is 9.38 Å². The Balaban J connectivity index is 2.18. The number of amidine groups is 1. The first-order chi connectivity index (χ1) is 11.0. The molecule has 2 N–H and O–H groups in total. The first-order valence-corrected chi connectivity index (χ1v) is 7.22. The van der Waals surface area contributed by atoms with Crippen molar-refractivity contribution in [1.82, 2.24) is 0 Å². The summed E-state index contributed by atoms with van der Waals surface area (Å²) in [6, 6.07) is 9.76. The molecule has 1 aliphatic rings. The fraction of sp³-hybridized carbons (Fsp3) is 0.188. The normalized spacial score (nSPS) is 20.0. The van der Waals surface area contributed by atoms with Crippen molar-refractivity contribution >= 4 is 30.9 Å². The number of benzene rings is 2. The number of halogens is 2. The highest BCUT2D eigenvalue weighted by Gasteiger charge is 2.40. The van der Waals surface area contributed by atoms with Crippen LogP contribution < -0.4 is 15.9 Å². The van der Waals surface area contributed by atoms with Gasteiger partial charge in [0.1, 0.15) is 26.0 Å². The SMILES string of the molecule is [B]c1cc(C2(c3ccc(OC)c(Cl)c3)COC(N)=N2)ccc1F. The molecule has 0 saturated carbocycles. The van der Waals surface area contributed by atoms with Crippen LogP contribution in [0.1, 0.15) is 11.1 Å². The lowest BCUT2D eigenvalue weighted by Gasteiger charge is -2.26. The summed E-state index contributed by atoms with van der Waals surface area (Å²) >= 11 is 6.22. The molecule has 0 spiro atoms. The molecule has 0 aliphatic carbocycles. The van der Waals surface area contributed by atoms with Gasteiger partial charge in [0.25, 0.3) is 6.02 Å². The molecule has 2 aromatic rings. The largest absolute Gasteiger partial charge is 0.495 e. The van der Waals surface area contributed by atoms with Crippen LogP contribution in [0.3, 0.4) is 0 Å². The second-order valence-corrected chi connectivity index (χ2v) is 5.59. The number of nitrogens with two attached hydrogens (primary N) is 1. The maximum atomic E-state index is 13.5. The molecule has 116 valence electrons. The third kappa shape index (κ3) is 2.63. The van der Waals surface area contributed by atoms with Crippen LogP contribution >= 0.6 is 11.6 Å². The number of nitrogens with zero attached hydrogens (tertiary/aromatic N) is 1. The van der Waals surface area contributed by atoms with Crippen molar-refractivity contribution in [2.24, 2.45) is 10.7 Å². The van der Waals surface area contributed by atoms with E-state index in [1.165, 1.54) is 19.2 Å². The molecule has 2 aromatic carbocycles. The van der Waals surface area contributed by atoms with Crippen LogP contribution in [0.25, 0.3) is 0 Å². The summed E-state index contributed by atoms with van der Waals surface area (Å²) in [6.07, 6.45) is 0. The summed E-state index contributed by atoms with van der Waals surface area (Å²) in [6.45, 7) is 0.173. The Hall–Kier alpha value is -2.21. The van der Waals surface area contributed by atoms with E-state index in [-0.39, 0.29) is 18.1 Å². The molecule has 3 rings (SSSR count). The molecule has 1 aliphatic heterocycles. The highest BCUT2D eigenvalue weighted by Crippen LogP contribution is 2.39. The predicted molar refractivity (Wildman–Crippen MR) is 88.1 cm³/mol. The first kappa shape index (κ1) is 15.7. The minimum atomic E-state index is -0.929. The summed E-state index contributed by atoms with van der Waals surface area (Å²) < 4.78 is 24.0. The molecule has 1 unspecified atom stereocenters. The number of rotatable bonds is 3. The van der Waals surface area contributed by atoms with E-state index in [9.17, 15) is 4.39 Å². The topological polar surface area (TPSA) is 56.8 Å². The quantitative estimate of drug-likeness (QED) is 0.874. The molecule has 4 nitrogen and oxygen atoms in total. The molecular formula is C16H13BClFN2O2. The minimum absolute atomic E-state index is 0.0298. The van der Waals surface area contributed by atoms with E-state index in [2.05, 4.69) is 4.99 Å². The summed E-state index contributed by atoms with van der Waals surface area (Å²) in [5.74, 6) is 0.0487. The molecule has 0 bridgehead atoms. The fourth-order valence-corrected chi connectivity index (χ4v) is 2.88. The van der Waals surface area contributed by atoms with Gasteiger partial charge in [-0.3, -0.25) is 0 Å². The van der Waals surface area contributed by atoms with Gasteiger partial charge < -0.3 is 15.2 Å².